The molecule has 0 bridgehead atoms. The zero-order chi connectivity index (χ0) is 12.1. The van der Waals surface area contributed by atoms with E-state index in [1.54, 1.807) is 11.2 Å². The van der Waals surface area contributed by atoms with Crippen molar-refractivity contribution in [1.82, 2.24) is 10.2 Å². The number of urea groups is 1. The number of nitrogens with two attached hydrogens (primary N) is 1. The van der Waals surface area contributed by atoms with Crippen molar-refractivity contribution in [3.63, 3.8) is 0 Å². The topological polar surface area (TPSA) is 75.4 Å². The quantitative estimate of drug-likeness (QED) is 0.727. The summed E-state index contributed by atoms with van der Waals surface area (Å²) in [6.45, 7) is 3.48. The number of rotatable bonds is 4. The Labute approximate surface area is 99.2 Å². The molecule has 1 rings (SSSR count). The molecule has 2 atom stereocenters. The van der Waals surface area contributed by atoms with E-state index in [9.17, 15) is 9.00 Å². The first-order valence-corrected chi connectivity index (χ1v) is 7.32. The molecule has 94 valence electrons. The maximum atomic E-state index is 11.0. The van der Waals surface area contributed by atoms with Gasteiger partial charge in [0.25, 0.3) is 0 Å². The number of hydrogen-bond acceptors (Lipinski definition) is 3. The molecule has 0 aromatic carbocycles. The van der Waals surface area contributed by atoms with Crippen LogP contribution in [0.3, 0.4) is 0 Å². The van der Waals surface area contributed by atoms with Gasteiger partial charge < -0.3 is 16.0 Å². The molecule has 0 saturated carbocycles. The second-order valence-electron chi connectivity index (χ2n) is 4.41. The summed E-state index contributed by atoms with van der Waals surface area (Å²) in [7, 11) is -0.761. The summed E-state index contributed by atoms with van der Waals surface area (Å²) in [6.07, 6.45) is 3.56. The highest BCUT2D eigenvalue weighted by Crippen LogP contribution is 2.10. The molecule has 5 nitrogen and oxygen atoms in total. The number of likely N-dealkylation sites (tertiary alicyclic amines) is 1. The van der Waals surface area contributed by atoms with Gasteiger partial charge >= 0.3 is 6.03 Å². The first-order valence-electron chi connectivity index (χ1n) is 5.59. The standard InChI is InChI=1S/C10H21N3O2S/c1-8(7-16(2)15)12-9-3-5-13(6-4-9)10(11)14/h8-9,12H,3-7H2,1-2H3,(H2,11,14). The van der Waals surface area contributed by atoms with Gasteiger partial charge in [0.15, 0.2) is 0 Å². The summed E-state index contributed by atoms with van der Waals surface area (Å²) >= 11 is 0. The lowest BCUT2D eigenvalue weighted by atomic mass is 10.0. The Bertz CT molecular complexity index is 265. The van der Waals surface area contributed by atoms with Crippen LogP contribution in [0.4, 0.5) is 4.79 Å². The fraction of sp³-hybridized carbons (Fsp3) is 0.900. The van der Waals surface area contributed by atoms with E-state index in [1.165, 1.54) is 0 Å². The van der Waals surface area contributed by atoms with Crippen molar-refractivity contribution >= 4 is 16.8 Å². The number of primary amides is 1. The lowest BCUT2D eigenvalue weighted by Crippen LogP contribution is -2.49. The van der Waals surface area contributed by atoms with Gasteiger partial charge in [-0.25, -0.2) is 4.79 Å². The molecule has 0 aromatic heterocycles. The smallest absolute Gasteiger partial charge is 0.314 e. The minimum absolute atomic E-state index is 0.260. The van der Waals surface area contributed by atoms with Crippen LogP contribution in [0.2, 0.25) is 0 Å². The van der Waals surface area contributed by atoms with Gasteiger partial charge in [-0.1, -0.05) is 0 Å². The third-order valence-corrected chi connectivity index (χ3v) is 3.78. The van der Waals surface area contributed by atoms with Gasteiger partial charge in [-0.15, -0.1) is 0 Å². The zero-order valence-corrected chi connectivity index (χ0v) is 10.8. The van der Waals surface area contributed by atoms with Crippen LogP contribution in [-0.4, -0.2) is 52.3 Å². The highest BCUT2D eigenvalue weighted by atomic mass is 32.2. The molecule has 0 radical (unpaired) electrons. The summed E-state index contributed by atoms with van der Waals surface area (Å²) in [5.41, 5.74) is 5.21. The third-order valence-electron chi connectivity index (χ3n) is 2.81. The molecule has 0 spiro atoms. The van der Waals surface area contributed by atoms with E-state index in [-0.39, 0.29) is 12.1 Å². The van der Waals surface area contributed by atoms with Gasteiger partial charge in [0, 0.05) is 48.0 Å². The minimum Gasteiger partial charge on any atom is -0.351 e. The van der Waals surface area contributed by atoms with Gasteiger partial charge in [-0.2, -0.15) is 0 Å². The maximum Gasteiger partial charge on any atom is 0.314 e. The van der Waals surface area contributed by atoms with Crippen LogP contribution in [0.1, 0.15) is 19.8 Å². The lowest BCUT2D eigenvalue weighted by molar-refractivity contribution is 0.183. The second-order valence-corrected chi connectivity index (χ2v) is 5.89. The van der Waals surface area contributed by atoms with Gasteiger partial charge in [-0.05, 0) is 19.8 Å². The fourth-order valence-electron chi connectivity index (χ4n) is 2.07. The van der Waals surface area contributed by atoms with Crippen molar-refractivity contribution in [2.24, 2.45) is 5.73 Å². The summed E-state index contributed by atoms with van der Waals surface area (Å²) in [4.78, 5) is 12.6. The average Bonchev–Trinajstić information content (AvgIpc) is 2.16. The molecule has 16 heavy (non-hydrogen) atoms. The second kappa shape index (κ2) is 6.20. The molecule has 1 heterocycles. The van der Waals surface area contributed by atoms with Crippen LogP contribution in [0.15, 0.2) is 0 Å². The number of nitrogens with zero attached hydrogens (tertiary/aromatic N) is 1. The van der Waals surface area contributed by atoms with Crippen LogP contribution in [0.5, 0.6) is 0 Å². The summed E-state index contributed by atoms with van der Waals surface area (Å²) in [6, 6.07) is 0.339. The van der Waals surface area contributed by atoms with Crippen molar-refractivity contribution in [2.75, 3.05) is 25.1 Å². The lowest BCUT2D eigenvalue weighted by Gasteiger charge is -2.32. The molecule has 6 heteroatoms. The van der Waals surface area contributed by atoms with Crippen molar-refractivity contribution in [1.29, 1.82) is 0 Å². The van der Waals surface area contributed by atoms with E-state index in [2.05, 4.69) is 5.32 Å². The molecule has 1 fully saturated rings. The van der Waals surface area contributed by atoms with Crippen LogP contribution in [0, 0.1) is 0 Å². The molecule has 1 saturated heterocycles. The van der Waals surface area contributed by atoms with E-state index in [4.69, 9.17) is 5.73 Å². The number of carbonyl (C=O) groups excluding carboxylic acids is 1. The summed E-state index contributed by atoms with van der Waals surface area (Å²) in [5, 5.41) is 3.44. The monoisotopic (exact) mass is 247 g/mol. The molecule has 2 unspecified atom stereocenters. The Morgan fingerprint density at radius 3 is 2.56 bits per heavy atom. The van der Waals surface area contributed by atoms with E-state index < -0.39 is 10.8 Å². The van der Waals surface area contributed by atoms with E-state index in [0.717, 1.165) is 25.9 Å². The average molecular weight is 247 g/mol. The molecule has 2 amide bonds. The van der Waals surface area contributed by atoms with Crippen molar-refractivity contribution < 1.29 is 9.00 Å². The third kappa shape index (κ3) is 4.49. The van der Waals surface area contributed by atoms with Crippen LogP contribution in [0.25, 0.3) is 0 Å². The number of amides is 2. The predicted molar refractivity (Wildman–Crippen MR) is 65.7 cm³/mol. The van der Waals surface area contributed by atoms with E-state index in [1.807, 2.05) is 6.92 Å². The number of nitrogens with one attached hydrogen (secondary N) is 1. The summed E-state index contributed by atoms with van der Waals surface area (Å²) < 4.78 is 11.0. The Morgan fingerprint density at radius 2 is 2.12 bits per heavy atom. The number of piperidine rings is 1. The highest BCUT2D eigenvalue weighted by molar-refractivity contribution is 7.84. The minimum atomic E-state index is -0.761. The van der Waals surface area contributed by atoms with Crippen molar-refractivity contribution in [3.05, 3.63) is 0 Å². The van der Waals surface area contributed by atoms with Gasteiger partial charge in [0.2, 0.25) is 0 Å². The predicted octanol–water partition coefficient (Wildman–Crippen LogP) is -0.114. The van der Waals surface area contributed by atoms with Crippen LogP contribution < -0.4 is 11.1 Å². The molecule has 1 aliphatic rings. The molecule has 0 aliphatic carbocycles. The largest absolute Gasteiger partial charge is 0.351 e. The van der Waals surface area contributed by atoms with Crippen LogP contribution >= 0.6 is 0 Å². The summed E-state index contributed by atoms with van der Waals surface area (Å²) in [5.74, 6) is 0.677. The SMILES string of the molecule is CC(CS(C)=O)NC1CCN(C(N)=O)CC1. The van der Waals surface area contributed by atoms with Crippen molar-refractivity contribution in [2.45, 2.75) is 31.8 Å². The first-order chi connectivity index (χ1) is 7.49. The Kier molecular flexibility index (Phi) is 5.21. The van der Waals surface area contributed by atoms with Crippen molar-refractivity contribution in [3.8, 4) is 0 Å². The molecular formula is C10H21N3O2S. The number of carbonyl (C=O) groups is 1. The van der Waals surface area contributed by atoms with Gasteiger partial charge in [0.05, 0.1) is 0 Å². The van der Waals surface area contributed by atoms with Crippen LogP contribution in [-0.2, 0) is 10.8 Å². The molecule has 3 N–H and O–H groups in total. The Balaban J connectivity index is 2.26. The highest BCUT2D eigenvalue weighted by Gasteiger charge is 2.22. The van der Waals surface area contributed by atoms with Gasteiger partial charge in [-0.3, -0.25) is 4.21 Å². The molecule has 0 aromatic rings. The van der Waals surface area contributed by atoms with E-state index in [0.29, 0.717) is 11.8 Å². The molecular weight excluding hydrogens is 226 g/mol. The molecule has 1 aliphatic heterocycles. The maximum absolute atomic E-state index is 11.0. The Hall–Kier alpha value is -0.620. The normalized spacial score (nSPS) is 21.8. The van der Waals surface area contributed by atoms with Gasteiger partial charge in [0.1, 0.15) is 0 Å². The zero-order valence-electron chi connectivity index (χ0n) is 9.94. The first kappa shape index (κ1) is 13.4. The number of hydrogen-bond donors (Lipinski definition) is 2. The fourth-order valence-corrected chi connectivity index (χ4v) is 2.87. The van der Waals surface area contributed by atoms with E-state index >= 15 is 0 Å². The Morgan fingerprint density at radius 1 is 1.56 bits per heavy atom.